The minimum atomic E-state index is -0.432. The van der Waals surface area contributed by atoms with Crippen LogP contribution in [0, 0.1) is 11.7 Å². The summed E-state index contributed by atoms with van der Waals surface area (Å²) >= 11 is 1.64. The van der Waals surface area contributed by atoms with Crippen LogP contribution in [0.1, 0.15) is 13.8 Å². The largest absolute Gasteiger partial charge is 0.335 e. The molecule has 0 unspecified atom stereocenters. The summed E-state index contributed by atoms with van der Waals surface area (Å²) in [6.07, 6.45) is 4.83. The van der Waals surface area contributed by atoms with E-state index < -0.39 is 5.82 Å². The number of aromatic amines is 2. The molecule has 0 atom stereocenters. The van der Waals surface area contributed by atoms with Gasteiger partial charge in [0.1, 0.15) is 11.5 Å². The lowest BCUT2D eigenvalue weighted by atomic mass is 10.0. The van der Waals surface area contributed by atoms with Crippen molar-refractivity contribution in [1.82, 2.24) is 30.1 Å². The van der Waals surface area contributed by atoms with Crippen LogP contribution in [0.5, 0.6) is 0 Å². The number of pyridine rings is 2. The predicted molar refractivity (Wildman–Crippen MR) is 139 cm³/mol. The molecule has 5 heterocycles. The van der Waals surface area contributed by atoms with Crippen molar-refractivity contribution < 1.29 is 9.18 Å². The summed E-state index contributed by atoms with van der Waals surface area (Å²) in [6.45, 7) is 3.61. The molecule has 5 aromatic heterocycles. The number of thiophene rings is 1. The molecule has 0 bridgehead atoms. The van der Waals surface area contributed by atoms with E-state index in [1.54, 1.807) is 49.7 Å². The number of nitrogens with zero attached hydrogens (tertiary/aromatic N) is 4. The average molecular weight is 498 g/mol. The number of hydrogen-bond acceptors (Lipinski definition) is 6. The minimum Gasteiger partial charge on any atom is -0.335 e. The maximum absolute atomic E-state index is 15.1. The Morgan fingerprint density at radius 2 is 2.03 bits per heavy atom. The first-order valence-corrected chi connectivity index (χ1v) is 12.2. The lowest BCUT2D eigenvalue weighted by molar-refractivity contribution is -0.118. The fourth-order valence-corrected chi connectivity index (χ4v) is 4.80. The molecule has 6 aromatic rings. The van der Waals surface area contributed by atoms with Gasteiger partial charge < -0.3 is 10.3 Å². The summed E-state index contributed by atoms with van der Waals surface area (Å²) in [6, 6.07) is 10.8. The molecule has 1 amide bonds. The van der Waals surface area contributed by atoms with Crippen LogP contribution in [0.15, 0.2) is 60.4 Å². The first kappa shape index (κ1) is 22.1. The summed E-state index contributed by atoms with van der Waals surface area (Å²) < 4.78 is 15.1. The molecule has 0 fully saturated rings. The third-order valence-corrected chi connectivity index (χ3v) is 6.80. The molecule has 8 nitrogen and oxygen atoms in total. The molecule has 6 rings (SSSR count). The first-order chi connectivity index (χ1) is 17.5. The van der Waals surface area contributed by atoms with Gasteiger partial charge in [-0.2, -0.15) is 5.10 Å². The predicted octanol–water partition coefficient (Wildman–Crippen LogP) is 6.03. The first-order valence-electron chi connectivity index (χ1n) is 11.3. The fourth-order valence-electron chi connectivity index (χ4n) is 4.04. The Morgan fingerprint density at radius 1 is 1.14 bits per heavy atom. The van der Waals surface area contributed by atoms with Crippen LogP contribution in [-0.4, -0.2) is 36.0 Å². The zero-order valence-electron chi connectivity index (χ0n) is 19.3. The van der Waals surface area contributed by atoms with Gasteiger partial charge in [-0.3, -0.25) is 14.9 Å². The van der Waals surface area contributed by atoms with Crippen molar-refractivity contribution in [2.75, 3.05) is 5.32 Å². The number of amides is 1. The fraction of sp³-hybridized carbons (Fsp3) is 0.115. The van der Waals surface area contributed by atoms with Gasteiger partial charge in [-0.1, -0.05) is 19.9 Å². The Labute approximate surface area is 208 Å². The lowest BCUT2D eigenvalue weighted by Gasteiger charge is -2.09. The number of rotatable bonds is 5. The van der Waals surface area contributed by atoms with E-state index in [0.717, 1.165) is 16.0 Å². The molecular formula is C26H20FN7OS. The van der Waals surface area contributed by atoms with Crippen LogP contribution in [0.25, 0.3) is 55.2 Å². The quantitative estimate of drug-likeness (QED) is 0.269. The van der Waals surface area contributed by atoms with E-state index in [1.165, 1.54) is 12.3 Å². The van der Waals surface area contributed by atoms with E-state index in [1.807, 2.05) is 23.6 Å². The van der Waals surface area contributed by atoms with E-state index in [9.17, 15) is 4.79 Å². The summed E-state index contributed by atoms with van der Waals surface area (Å²) in [7, 11) is 0. The second kappa shape index (κ2) is 8.65. The monoisotopic (exact) mass is 497 g/mol. The van der Waals surface area contributed by atoms with E-state index in [4.69, 9.17) is 0 Å². The number of hydrogen-bond donors (Lipinski definition) is 3. The number of nitrogens with one attached hydrogen (secondary N) is 3. The normalized spacial score (nSPS) is 11.6. The molecule has 0 aliphatic heterocycles. The number of carbonyl (C=O) groups is 1. The van der Waals surface area contributed by atoms with Crippen molar-refractivity contribution >= 4 is 45.0 Å². The lowest BCUT2D eigenvalue weighted by Crippen LogP contribution is -2.17. The van der Waals surface area contributed by atoms with Gasteiger partial charge in [-0.05, 0) is 29.6 Å². The van der Waals surface area contributed by atoms with Crippen molar-refractivity contribution in [3.05, 3.63) is 66.2 Å². The molecular weight excluding hydrogens is 477 g/mol. The number of fused-ring (bicyclic) bond motifs is 2. The molecule has 10 heteroatoms. The Morgan fingerprint density at radius 3 is 2.83 bits per heavy atom. The van der Waals surface area contributed by atoms with Crippen molar-refractivity contribution in [1.29, 1.82) is 0 Å². The van der Waals surface area contributed by atoms with Crippen molar-refractivity contribution in [2.45, 2.75) is 13.8 Å². The second-order valence-electron chi connectivity index (χ2n) is 8.68. The van der Waals surface area contributed by atoms with E-state index in [2.05, 4.69) is 35.5 Å². The Balaban J connectivity index is 1.44. The Bertz CT molecular complexity index is 1740. The highest BCUT2D eigenvalue weighted by atomic mass is 32.1. The number of benzene rings is 1. The van der Waals surface area contributed by atoms with Gasteiger partial charge in [-0.25, -0.2) is 14.4 Å². The summed E-state index contributed by atoms with van der Waals surface area (Å²) in [5.74, 6) is -0.226. The Kier molecular flexibility index (Phi) is 5.30. The highest BCUT2D eigenvalue weighted by Crippen LogP contribution is 2.35. The molecule has 1 aromatic carbocycles. The zero-order chi connectivity index (χ0) is 24.8. The van der Waals surface area contributed by atoms with Crippen LogP contribution < -0.4 is 5.32 Å². The van der Waals surface area contributed by atoms with Gasteiger partial charge in [0.2, 0.25) is 5.91 Å². The minimum absolute atomic E-state index is 0.137. The molecule has 0 aliphatic rings. The molecule has 0 aliphatic carbocycles. The number of carbonyl (C=O) groups excluding carboxylic acids is 1. The van der Waals surface area contributed by atoms with Crippen LogP contribution >= 0.6 is 11.3 Å². The maximum atomic E-state index is 15.1. The molecule has 36 heavy (non-hydrogen) atoms. The maximum Gasteiger partial charge on any atom is 0.226 e. The van der Waals surface area contributed by atoms with Gasteiger partial charge in [0.15, 0.2) is 11.5 Å². The highest BCUT2D eigenvalue weighted by molar-refractivity contribution is 7.13. The van der Waals surface area contributed by atoms with Gasteiger partial charge in [0, 0.05) is 51.3 Å². The molecule has 0 spiro atoms. The highest BCUT2D eigenvalue weighted by Gasteiger charge is 2.19. The van der Waals surface area contributed by atoms with E-state index in [-0.39, 0.29) is 11.8 Å². The van der Waals surface area contributed by atoms with Gasteiger partial charge in [-0.15, -0.1) is 11.3 Å². The van der Waals surface area contributed by atoms with Crippen molar-refractivity contribution in [2.24, 2.45) is 5.92 Å². The van der Waals surface area contributed by atoms with Crippen LogP contribution in [0.4, 0.5) is 10.1 Å². The third kappa shape index (κ3) is 3.81. The SMILES string of the molecule is CC(C)C(=O)Nc1cncc(-c2cc3c(-c4nc5nccc(-c6cccs6)c5[nH]4)n[nH]c3cc2F)c1. The van der Waals surface area contributed by atoms with Crippen LogP contribution in [0.3, 0.4) is 0 Å². The number of halogens is 1. The molecule has 0 radical (unpaired) electrons. The second-order valence-corrected chi connectivity index (χ2v) is 9.62. The van der Waals surface area contributed by atoms with Gasteiger partial charge in [0.25, 0.3) is 0 Å². The summed E-state index contributed by atoms with van der Waals surface area (Å²) in [5, 5.41) is 12.8. The number of anilines is 1. The Hall–Kier alpha value is -4.44. The zero-order valence-corrected chi connectivity index (χ0v) is 20.2. The average Bonchev–Trinajstić information content (AvgIpc) is 3.62. The van der Waals surface area contributed by atoms with Gasteiger partial charge in [0.05, 0.1) is 22.9 Å². The molecule has 3 N–H and O–H groups in total. The molecule has 178 valence electrons. The summed E-state index contributed by atoms with van der Waals surface area (Å²) in [4.78, 5) is 29.8. The van der Waals surface area contributed by atoms with Crippen molar-refractivity contribution in [3.63, 3.8) is 0 Å². The smallest absolute Gasteiger partial charge is 0.226 e. The van der Waals surface area contributed by atoms with Crippen LogP contribution in [-0.2, 0) is 4.79 Å². The molecule has 0 saturated heterocycles. The van der Waals surface area contributed by atoms with E-state index >= 15 is 4.39 Å². The number of H-pyrrole nitrogens is 2. The third-order valence-electron chi connectivity index (χ3n) is 5.89. The van der Waals surface area contributed by atoms with Crippen LogP contribution in [0.2, 0.25) is 0 Å². The summed E-state index contributed by atoms with van der Waals surface area (Å²) in [5.41, 5.74) is 4.86. The number of imidazole rings is 1. The van der Waals surface area contributed by atoms with E-state index in [0.29, 0.717) is 44.9 Å². The topological polar surface area (TPSA) is 112 Å². The standard InChI is InChI=1S/C26H20FN7OS/c1-13(2)26(35)30-15-8-14(11-28-12-15)17-9-18-20(10-19(17)27)33-34-23(18)25-31-22-16(21-4-3-7-36-21)5-6-29-24(22)32-25/h3-13H,1-2H3,(H,30,35)(H,33,34)(H,29,31,32). The van der Waals surface area contributed by atoms with Gasteiger partial charge >= 0.3 is 0 Å². The number of aromatic nitrogens is 6. The van der Waals surface area contributed by atoms with Crippen molar-refractivity contribution in [3.8, 4) is 33.1 Å². The molecule has 0 saturated carbocycles.